The zero-order valence-electron chi connectivity index (χ0n) is 12.3. The van der Waals surface area contributed by atoms with Gasteiger partial charge in [0.1, 0.15) is 17.6 Å². The van der Waals surface area contributed by atoms with Gasteiger partial charge in [0.2, 0.25) is 5.91 Å². The Labute approximate surface area is 128 Å². The second-order valence-electron chi connectivity index (χ2n) is 5.34. The van der Waals surface area contributed by atoms with Crippen LogP contribution in [0, 0.1) is 5.82 Å². The van der Waals surface area contributed by atoms with E-state index in [9.17, 15) is 14.0 Å². The highest BCUT2D eigenvalue weighted by Gasteiger charge is 2.31. The van der Waals surface area contributed by atoms with Gasteiger partial charge in [-0.1, -0.05) is 0 Å². The quantitative estimate of drug-likeness (QED) is 0.820. The Morgan fingerprint density at radius 3 is 2.68 bits per heavy atom. The Kier molecular flexibility index (Phi) is 5.75. The van der Waals surface area contributed by atoms with E-state index >= 15 is 0 Å². The maximum absolute atomic E-state index is 12.7. The van der Waals surface area contributed by atoms with Gasteiger partial charge in [0.05, 0.1) is 6.61 Å². The lowest BCUT2D eigenvalue weighted by atomic mass is 10.0. The maximum atomic E-state index is 12.7. The van der Waals surface area contributed by atoms with E-state index in [0.717, 1.165) is 12.8 Å². The number of hydrogen-bond acceptors (Lipinski definition) is 3. The molecule has 1 N–H and O–H groups in total. The molecule has 1 aliphatic heterocycles. The minimum Gasteiger partial charge on any atom is -0.494 e. The molecule has 1 aromatic rings. The van der Waals surface area contributed by atoms with Crippen molar-refractivity contribution in [2.45, 2.75) is 38.1 Å². The van der Waals surface area contributed by atoms with Crippen molar-refractivity contribution in [3.8, 4) is 5.75 Å². The van der Waals surface area contributed by atoms with Crippen LogP contribution in [0.5, 0.6) is 5.75 Å². The number of aliphatic carboxylic acids is 1. The third-order valence-corrected chi connectivity index (χ3v) is 3.73. The molecular formula is C16H20FNO4. The number of carbonyl (C=O) groups excluding carboxylic acids is 1. The second kappa shape index (κ2) is 7.77. The fraction of sp³-hybridized carbons (Fsp3) is 0.500. The summed E-state index contributed by atoms with van der Waals surface area (Å²) >= 11 is 0. The summed E-state index contributed by atoms with van der Waals surface area (Å²) in [6, 6.07) is 4.99. The van der Waals surface area contributed by atoms with Gasteiger partial charge in [-0.15, -0.1) is 0 Å². The highest BCUT2D eigenvalue weighted by Crippen LogP contribution is 2.19. The number of benzene rings is 1. The molecule has 2 rings (SSSR count). The molecule has 1 saturated heterocycles. The van der Waals surface area contributed by atoms with Crippen LogP contribution in [-0.4, -0.2) is 41.1 Å². The fourth-order valence-corrected chi connectivity index (χ4v) is 2.57. The number of rotatable bonds is 6. The van der Waals surface area contributed by atoms with E-state index in [1.807, 2.05) is 0 Å². The summed E-state index contributed by atoms with van der Waals surface area (Å²) in [6.07, 6.45) is 2.97. The number of likely N-dealkylation sites (tertiary alicyclic amines) is 1. The zero-order valence-corrected chi connectivity index (χ0v) is 12.3. The molecule has 0 bridgehead atoms. The molecular weight excluding hydrogens is 289 g/mol. The van der Waals surface area contributed by atoms with Crippen LogP contribution < -0.4 is 4.74 Å². The van der Waals surface area contributed by atoms with Gasteiger partial charge in [0, 0.05) is 13.0 Å². The van der Waals surface area contributed by atoms with Gasteiger partial charge in [-0.05, 0) is 49.9 Å². The minimum atomic E-state index is -0.935. The van der Waals surface area contributed by atoms with Gasteiger partial charge in [-0.25, -0.2) is 9.18 Å². The van der Waals surface area contributed by atoms with E-state index in [0.29, 0.717) is 31.7 Å². The Morgan fingerprint density at radius 1 is 1.27 bits per heavy atom. The number of carbonyl (C=O) groups is 2. The zero-order chi connectivity index (χ0) is 15.9. The first kappa shape index (κ1) is 16.3. The third-order valence-electron chi connectivity index (χ3n) is 3.73. The summed E-state index contributed by atoms with van der Waals surface area (Å²) in [7, 11) is 0. The lowest BCUT2D eigenvalue weighted by Crippen LogP contribution is -2.47. The number of carboxylic acids is 1. The molecule has 6 heteroatoms. The van der Waals surface area contributed by atoms with Crippen molar-refractivity contribution >= 4 is 11.9 Å². The molecule has 1 amide bonds. The predicted octanol–water partition coefficient (Wildman–Crippen LogP) is 2.45. The van der Waals surface area contributed by atoms with Crippen LogP contribution in [0.1, 0.15) is 32.1 Å². The molecule has 1 atom stereocenters. The number of piperidine rings is 1. The van der Waals surface area contributed by atoms with E-state index in [2.05, 4.69) is 0 Å². The van der Waals surface area contributed by atoms with E-state index in [1.165, 1.54) is 29.2 Å². The molecule has 5 nitrogen and oxygen atoms in total. The Hall–Kier alpha value is -2.11. The number of amides is 1. The lowest BCUT2D eigenvalue weighted by Gasteiger charge is -2.33. The normalized spacial score (nSPS) is 18.0. The van der Waals surface area contributed by atoms with Crippen molar-refractivity contribution in [1.82, 2.24) is 4.90 Å². The molecule has 1 aliphatic rings. The largest absolute Gasteiger partial charge is 0.494 e. The molecule has 0 spiro atoms. The van der Waals surface area contributed by atoms with Crippen molar-refractivity contribution in [1.29, 1.82) is 0 Å². The van der Waals surface area contributed by atoms with Crippen molar-refractivity contribution in [3.05, 3.63) is 30.1 Å². The molecule has 0 radical (unpaired) electrons. The topological polar surface area (TPSA) is 66.8 Å². The lowest BCUT2D eigenvalue weighted by molar-refractivity contribution is -0.152. The van der Waals surface area contributed by atoms with Gasteiger partial charge in [-0.3, -0.25) is 4.79 Å². The van der Waals surface area contributed by atoms with E-state index in [-0.39, 0.29) is 18.1 Å². The van der Waals surface area contributed by atoms with Crippen LogP contribution in [0.25, 0.3) is 0 Å². The van der Waals surface area contributed by atoms with E-state index < -0.39 is 12.0 Å². The molecule has 0 aromatic heterocycles. The monoisotopic (exact) mass is 309 g/mol. The number of nitrogens with zero attached hydrogens (tertiary/aromatic N) is 1. The molecule has 1 heterocycles. The van der Waals surface area contributed by atoms with Crippen LogP contribution in [0.4, 0.5) is 4.39 Å². The molecule has 0 aliphatic carbocycles. The van der Waals surface area contributed by atoms with Crippen LogP contribution in [0.15, 0.2) is 24.3 Å². The van der Waals surface area contributed by atoms with Gasteiger partial charge >= 0.3 is 5.97 Å². The van der Waals surface area contributed by atoms with Gasteiger partial charge in [-0.2, -0.15) is 0 Å². The number of hydrogen-bond donors (Lipinski definition) is 1. The summed E-state index contributed by atoms with van der Waals surface area (Å²) in [5, 5.41) is 9.15. The van der Waals surface area contributed by atoms with Crippen molar-refractivity contribution in [2.75, 3.05) is 13.2 Å². The minimum absolute atomic E-state index is 0.144. The second-order valence-corrected chi connectivity index (χ2v) is 5.34. The summed E-state index contributed by atoms with van der Waals surface area (Å²) in [6.45, 7) is 0.845. The Morgan fingerprint density at radius 2 is 2.00 bits per heavy atom. The van der Waals surface area contributed by atoms with E-state index in [1.54, 1.807) is 0 Å². The van der Waals surface area contributed by atoms with Gasteiger partial charge in [0.15, 0.2) is 0 Å². The molecule has 120 valence electrons. The maximum Gasteiger partial charge on any atom is 0.326 e. The van der Waals surface area contributed by atoms with Crippen molar-refractivity contribution in [2.24, 2.45) is 0 Å². The summed E-state index contributed by atoms with van der Waals surface area (Å²) in [5.41, 5.74) is 0. The van der Waals surface area contributed by atoms with Gasteiger partial charge < -0.3 is 14.7 Å². The summed E-state index contributed by atoms with van der Waals surface area (Å²) in [5.74, 6) is -0.854. The fourth-order valence-electron chi connectivity index (χ4n) is 2.57. The smallest absolute Gasteiger partial charge is 0.326 e. The SMILES string of the molecule is O=C(O)C1CCCCN1C(=O)CCCOc1ccc(F)cc1. The summed E-state index contributed by atoms with van der Waals surface area (Å²) < 4.78 is 18.2. The van der Waals surface area contributed by atoms with Crippen molar-refractivity contribution in [3.63, 3.8) is 0 Å². The average Bonchev–Trinajstić information content (AvgIpc) is 2.53. The highest BCUT2D eigenvalue weighted by molar-refractivity contribution is 5.83. The van der Waals surface area contributed by atoms with Gasteiger partial charge in [0.25, 0.3) is 0 Å². The number of carboxylic acid groups (broad SMARTS) is 1. The third kappa shape index (κ3) is 4.44. The number of halogens is 1. The first-order chi connectivity index (χ1) is 10.6. The first-order valence-corrected chi connectivity index (χ1v) is 7.48. The van der Waals surface area contributed by atoms with Crippen molar-refractivity contribution < 1.29 is 23.8 Å². The highest BCUT2D eigenvalue weighted by atomic mass is 19.1. The summed E-state index contributed by atoms with van der Waals surface area (Å²) in [4.78, 5) is 24.8. The van der Waals surface area contributed by atoms with Crippen LogP contribution in [0.2, 0.25) is 0 Å². The van der Waals surface area contributed by atoms with E-state index in [4.69, 9.17) is 9.84 Å². The first-order valence-electron chi connectivity index (χ1n) is 7.48. The standard InChI is InChI=1S/C16H20FNO4/c17-12-6-8-13(9-7-12)22-11-3-5-15(19)18-10-2-1-4-14(18)16(20)21/h6-9,14H,1-5,10-11H2,(H,20,21). The van der Waals surface area contributed by atoms with Crippen LogP contribution >= 0.6 is 0 Å². The molecule has 1 fully saturated rings. The average molecular weight is 309 g/mol. The molecule has 22 heavy (non-hydrogen) atoms. The molecule has 0 saturated carbocycles. The van der Waals surface area contributed by atoms with Crippen LogP contribution in [0.3, 0.4) is 0 Å². The Bertz CT molecular complexity index is 517. The Balaban J connectivity index is 1.74. The number of ether oxygens (including phenoxy) is 1. The predicted molar refractivity (Wildman–Crippen MR) is 78.1 cm³/mol. The molecule has 1 aromatic carbocycles. The van der Waals surface area contributed by atoms with Crippen LogP contribution in [-0.2, 0) is 9.59 Å². The molecule has 1 unspecified atom stereocenters.